The molecule has 7 rings (SSSR count). The number of rotatable bonds is 3. The van der Waals surface area contributed by atoms with Crippen LogP contribution in [0, 0.1) is 13.8 Å². The summed E-state index contributed by atoms with van der Waals surface area (Å²) in [4.78, 5) is 28.2. The molecule has 0 spiro atoms. The Morgan fingerprint density at radius 3 is 2.11 bits per heavy atom. The number of fused-ring (bicyclic) bond motifs is 2. The van der Waals surface area contributed by atoms with Crippen LogP contribution in [0.2, 0.25) is 20.6 Å². The van der Waals surface area contributed by atoms with Gasteiger partial charge in [-0.3, -0.25) is 4.57 Å². The highest BCUT2D eigenvalue weighted by molar-refractivity contribution is 6.34. The van der Waals surface area contributed by atoms with Crippen LogP contribution in [0.25, 0.3) is 44.8 Å². The summed E-state index contributed by atoms with van der Waals surface area (Å²) in [7, 11) is 0. The fourth-order valence-electron chi connectivity index (χ4n) is 4.92. The molecule has 0 radical (unpaired) electrons. The number of halogens is 4. The third-order valence-corrected chi connectivity index (χ3v) is 8.16. The molecule has 0 bridgehead atoms. The molecule has 1 aliphatic heterocycles. The van der Waals surface area contributed by atoms with Crippen molar-refractivity contribution >= 4 is 68.7 Å². The first-order chi connectivity index (χ1) is 21.1. The highest BCUT2D eigenvalue weighted by atomic mass is 35.5. The third kappa shape index (κ3) is 5.85. The fraction of sp³-hybridized carbons (Fsp3) is 0.241. The first kappa shape index (κ1) is 30.3. The number of phenols is 2. The Balaban J connectivity index is 0.000000162. The van der Waals surface area contributed by atoms with Crippen LogP contribution in [0.15, 0.2) is 36.9 Å². The van der Waals surface area contributed by atoms with Gasteiger partial charge < -0.3 is 19.9 Å². The second-order valence-corrected chi connectivity index (χ2v) is 11.7. The van der Waals surface area contributed by atoms with Crippen LogP contribution >= 0.6 is 46.4 Å². The molecule has 44 heavy (non-hydrogen) atoms. The minimum absolute atomic E-state index is 0.0748. The molecule has 6 aromatic rings. The normalized spacial score (nSPS) is 15.0. The molecule has 0 saturated carbocycles. The zero-order valence-corrected chi connectivity index (χ0v) is 26.3. The highest BCUT2D eigenvalue weighted by Gasteiger charge is 2.23. The van der Waals surface area contributed by atoms with E-state index in [-0.39, 0.29) is 28.3 Å². The molecule has 0 amide bonds. The highest BCUT2D eigenvalue weighted by Crippen LogP contribution is 2.38. The van der Waals surface area contributed by atoms with Crippen LogP contribution in [0.3, 0.4) is 0 Å². The lowest BCUT2D eigenvalue weighted by Gasteiger charge is -2.23. The van der Waals surface area contributed by atoms with Crippen molar-refractivity contribution in [3.05, 3.63) is 68.7 Å². The Hall–Kier alpha value is -3.74. The third-order valence-electron chi connectivity index (χ3n) is 7.20. The van der Waals surface area contributed by atoms with Gasteiger partial charge in [-0.05, 0) is 91.7 Å². The predicted molar refractivity (Wildman–Crippen MR) is 170 cm³/mol. The van der Waals surface area contributed by atoms with Crippen molar-refractivity contribution < 1.29 is 14.9 Å². The van der Waals surface area contributed by atoms with Gasteiger partial charge in [-0.25, -0.2) is 19.9 Å². The second kappa shape index (κ2) is 12.3. The minimum atomic E-state index is -0.112. The standard InChI is InChI=1S/C17H16Cl2N4O2.C12H8Cl2N4O/c1-9-6-11(18)10(7-12(9)24)14-15-16(22-17(19)21-14)23(8-20-15)13-4-2-3-5-25-13;1-5-2-7(13)6(3-8(5)19)9-10-11(16-4-15-10)18-12(14)17-9/h6-8,13,24H,2-5H2,1H3;2-4,19H,1H3,(H,15,16,17,18). The lowest BCUT2D eigenvalue weighted by molar-refractivity contribution is -0.0298. The molecule has 5 heterocycles. The van der Waals surface area contributed by atoms with Gasteiger partial charge in [-0.15, -0.1) is 0 Å². The van der Waals surface area contributed by atoms with Crippen LogP contribution in [-0.2, 0) is 4.74 Å². The van der Waals surface area contributed by atoms with Crippen LogP contribution in [-0.4, -0.2) is 56.3 Å². The number of nitrogens with one attached hydrogen (secondary N) is 1. The lowest BCUT2D eigenvalue weighted by Crippen LogP contribution is -2.17. The average molecular weight is 674 g/mol. The van der Waals surface area contributed by atoms with E-state index >= 15 is 0 Å². The van der Waals surface area contributed by atoms with Crippen LogP contribution in [0.5, 0.6) is 11.5 Å². The van der Waals surface area contributed by atoms with E-state index < -0.39 is 0 Å². The van der Waals surface area contributed by atoms with Crippen molar-refractivity contribution in [2.24, 2.45) is 0 Å². The number of aromatic nitrogens is 8. The number of hydrogen-bond donors (Lipinski definition) is 3. The number of phenolic OH excluding ortho intramolecular Hbond substituents is 2. The Morgan fingerprint density at radius 2 is 1.45 bits per heavy atom. The summed E-state index contributed by atoms with van der Waals surface area (Å²) in [5.41, 5.74) is 5.75. The maximum atomic E-state index is 10.1. The molecule has 4 aromatic heterocycles. The van der Waals surface area contributed by atoms with Crippen molar-refractivity contribution in [3.8, 4) is 34.0 Å². The van der Waals surface area contributed by atoms with Crippen molar-refractivity contribution in [2.45, 2.75) is 39.3 Å². The first-order valence-electron chi connectivity index (χ1n) is 13.5. The number of nitrogens with zero attached hydrogens (tertiary/aromatic N) is 7. The summed E-state index contributed by atoms with van der Waals surface area (Å²) in [5.74, 6) is 0.277. The van der Waals surface area contributed by atoms with E-state index in [0.717, 1.165) is 19.3 Å². The Morgan fingerprint density at radius 1 is 0.818 bits per heavy atom. The number of H-pyrrole nitrogens is 1. The molecule has 11 nitrogen and oxygen atoms in total. The molecule has 15 heteroatoms. The van der Waals surface area contributed by atoms with Gasteiger partial charge in [-0.1, -0.05) is 23.2 Å². The second-order valence-electron chi connectivity index (χ2n) is 10.2. The van der Waals surface area contributed by atoms with E-state index in [4.69, 9.17) is 51.1 Å². The average Bonchev–Trinajstić information content (AvgIpc) is 3.64. The summed E-state index contributed by atoms with van der Waals surface area (Å²) in [6.45, 7) is 4.26. The Bertz CT molecular complexity index is 2020. The molecule has 226 valence electrons. The maximum absolute atomic E-state index is 10.1. The zero-order chi connectivity index (χ0) is 31.1. The van der Waals surface area contributed by atoms with Crippen molar-refractivity contribution in [1.82, 2.24) is 39.5 Å². The van der Waals surface area contributed by atoms with Gasteiger partial charge in [0.05, 0.1) is 22.7 Å². The van der Waals surface area contributed by atoms with Gasteiger partial charge in [0.1, 0.15) is 40.1 Å². The smallest absolute Gasteiger partial charge is 0.225 e. The number of aryl methyl sites for hydroxylation is 2. The van der Waals surface area contributed by atoms with Gasteiger partial charge in [0.15, 0.2) is 11.3 Å². The topological polar surface area (TPSA) is 148 Å². The monoisotopic (exact) mass is 672 g/mol. The SMILES string of the molecule is Cc1cc(Cl)c(-c2nc(Cl)nc3c2ncn3C2CCCCO2)cc1O.Cc1cc(Cl)c(-c2nc(Cl)nc3nc[nH]c23)cc1O. The maximum Gasteiger partial charge on any atom is 0.225 e. The molecule has 2 aromatic carbocycles. The summed E-state index contributed by atoms with van der Waals surface area (Å²) in [5, 5.41) is 21.0. The number of ether oxygens (including phenoxy) is 1. The van der Waals surface area contributed by atoms with E-state index in [0.29, 0.717) is 72.6 Å². The molecular weight excluding hydrogens is 650 g/mol. The first-order valence-corrected chi connectivity index (χ1v) is 15.0. The molecule has 1 atom stereocenters. The van der Waals surface area contributed by atoms with Crippen molar-refractivity contribution in [2.75, 3.05) is 6.61 Å². The number of aromatic hydroxyl groups is 2. The predicted octanol–water partition coefficient (Wildman–Crippen LogP) is 7.85. The molecule has 0 aliphatic carbocycles. The Kier molecular flexibility index (Phi) is 8.49. The van der Waals surface area contributed by atoms with Gasteiger partial charge in [0, 0.05) is 17.7 Å². The van der Waals surface area contributed by atoms with Crippen LogP contribution in [0.1, 0.15) is 36.6 Å². The summed E-state index contributed by atoms with van der Waals surface area (Å²) >= 11 is 24.6. The van der Waals surface area contributed by atoms with Crippen LogP contribution in [0.4, 0.5) is 0 Å². The van der Waals surface area contributed by atoms with Crippen molar-refractivity contribution in [1.29, 1.82) is 0 Å². The molecule has 1 saturated heterocycles. The largest absolute Gasteiger partial charge is 0.508 e. The lowest BCUT2D eigenvalue weighted by atomic mass is 10.1. The van der Waals surface area contributed by atoms with Gasteiger partial charge in [0.25, 0.3) is 0 Å². The molecule has 3 N–H and O–H groups in total. The Labute approximate surface area is 270 Å². The van der Waals surface area contributed by atoms with E-state index in [1.165, 1.54) is 6.33 Å². The number of hydrogen-bond acceptors (Lipinski definition) is 9. The quantitative estimate of drug-likeness (QED) is 0.160. The summed E-state index contributed by atoms with van der Waals surface area (Å²) < 4.78 is 7.71. The molecule has 1 fully saturated rings. The summed E-state index contributed by atoms with van der Waals surface area (Å²) in [6, 6.07) is 6.49. The number of aromatic amines is 1. The minimum Gasteiger partial charge on any atom is -0.508 e. The van der Waals surface area contributed by atoms with Crippen LogP contribution < -0.4 is 0 Å². The van der Waals surface area contributed by atoms with Gasteiger partial charge in [0.2, 0.25) is 10.6 Å². The van der Waals surface area contributed by atoms with E-state index in [2.05, 4.69) is 34.9 Å². The van der Waals surface area contributed by atoms with E-state index in [1.807, 2.05) is 4.57 Å². The summed E-state index contributed by atoms with van der Waals surface area (Å²) in [6.07, 6.45) is 6.13. The van der Waals surface area contributed by atoms with E-state index in [1.54, 1.807) is 44.4 Å². The van der Waals surface area contributed by atoms with Gasteiger partial charge >= 0.3 is 0 Å². The molecule has 1 aliphatic rings. The van der Waals surface area contributed by atoms with Crippen molar-refractivity contribution in [3.63, 3.8) is 0 Å². The number of benzene rings is 2. The van der Waals surface area contributed by atoms with E-state index in [9.17, 15) is 10.2 Å². The molecule has 1 unspecified atom stereocenters. The zero-order valence-electron chi connectivity index (χ0n) is 23.3. The van der Waals surface area contributed by atoms with Gasteiger partial charge in [-0.2, -0.15) is 9.97 Å². The fourth-order valence-corrected chi connectivity index (χ4v) is 5.86. The number of imidazole rings is 2. The molecular formula is C29H24Cl4N8O3.